The van der Waals surface area contributed by atoms with Gasteiger partial charge in [-0.15, -0.1) is 0 Å². The molecule has 0 unspecified atom stereocenters. The summed E-state index contributed by atoms with van der Waals surface area (Å²) in [6.07, 6.45) is 0. The first-order valence-electron chi connectivity index (χ1n) is 5.80. The van der Waals surface area contributed by atoms with Crippen LogP contribution in [0, 0.1) is 0 Å². The number of ether oxygens (including phenoxy) is 2. The van der Waals surface area contributed by atoms with Crippen molar-refractivity contribution in [1.82, 2.24) is 0 Å². The van der Waals surface area contributed by atoms with Crippen LogP contribution in [0.5, 0.6) is 5.75 Å². The first kappa shape index (κ1) is 10.8. The van der Waals surface area contributed by atoms with Crippen LogP contribution in [0.3, 0.4) is 0 Å². The van der Waals surface area contributed by atoms with Crippen LogP contribution in [0.15, 0.2) is 53.5 Å². The molecule has 0 fully saturated rings. The fourth-order valence-corrected chi connectivity index (χ4v) is 1.91. The van der Waals surface area contributed by atoms with Crippen molar-refractivity contribution in [2.45, 2.75) is 6.61 Å². The maximum Gasteiger partial charge on any atom is 0.221 e. The second-order valence-corrected chi connectivity index (χ2v) is 4.06. The van der Waals surface area contributed by atoms with Gasteiger partial charge in [0.05, 0.1) is 12.8 Å². The van der Waals surface area contributed by atoms with Crippen molar-refractivity contribution in [2.24, 2.45) is 4.99 Å². The standard InChI is InChI=1S/C15H13NO2/c1-17-13-8-6-11(7-9-13)15-16-14-5-3-2-4-12(14)10-18-15/h2-9H,10H2,1H3. The van der Waals surface area contributed by atoms with Gasteiger partial charge in [-0.3, -0.25) is 0 Å². The molecule has 3 heteroatoms. The van der Waals surface area contributed by atoms with E-state index in [4.69, 9.17) is 9.47 Å². The van der Waals surface area contributed by atoms with E-state index in [1.807, 2.05) is 48.5 Å². The van der Waals surface area contributed by atoms with Crippen molar-refractivity contribution < 1.29 is 9.47 Å². The lowest BCUT2D eigenvalue weighted by Gasteiger charge is -2.16. The number of benzene rings is 2. The first-order valence-corrected chi connectivity index (χ1v) is 5.80. The van der Waals surface area contributed by atoms with E-state index in [1.54, 1.807) is 7.11 Å². The predicted molar refractivity (Wildman–Crippen MR) is 70.4 cm³/mol. The van der Waals surface area contributed by atoms with E-state index in [1.165, 1.54) is 0 Å². The molecule has 0 atom stereocenters. The lowest BCUT2D eigenvalue weighted by Crippen LogP contribution is -2.10. The van der Waals surface area contributed by atoms with Gasteiger partial charge >= 0.3 is 0 Å². The summed E-state index contributed by atoms with van der Waals surface area (Å²) >= 11 is 0. The first-order chi connectivity index (χ1) is 8.86. The molecule has 0 bridgehead atoms. The van der Waals surface area contributed by atoms with Gasteiger partial charge in [-0.05, 0) is 30.3 Å². The zero-order chi connectivity index (χ0) is 12.4. The molecule has 0 amide bonds. The van der Waals surface area contributed by atoms with Crippen LogP contribution in [0.25, 0.3) is 0 Å². The average Bonchev–Trinajstić information content (AvgIpc) is 2.47. The summed E-state index contributed by atoms with van der Waals surface area (Å²) in [4.78, 5) is 4.52. The van der Waals surface area contributed by atoms with Gasteiger partial charge in [0.15, 0.2) is 0 Å². The van der Waals surface area contributed by atoms with Gasteiger partial charge in [0, 0.05) is 11.1 Å². The molecule has 0 aromatic heterocycles. The van der Waals surface area contributed by atoms with Crippen molar-refractivity contribution in [3.05, 3.63) is 59.7 Å². The van der Waals surface area contributed by atoms with Crippen molar-refractivity contribution in [3.8, 4) is 5.75 Å². The number of hydrogen-bond acceptors (Lipinski definition) is 3. The van der Waals surface area contributed by atoms with Crippen molar-refractivity contribution in [3.63, 3.8) is 0 Å². The number of methoxy groups -OCH3 is 1. The summed E-state index contributed by atoms with van der Waals surface area (Å²) in [6.45, 7) is 0.570. The van der Waals surface area contributed by atoms with Gasteiger partial charge in [-0.25, -0.2) is 4.99 Å². The fourth-order valence-electron chi connectivity index (χ4n) is 1.91. The van der Waals surface area contributed by atoms with E-state index < -0.39 is 0 Å². The van der Waals surface area contributed by atoms with Gasteiger partial charge in [-0.1, -0.05) is 18.2 Å². The van der Waals surface area contributed by atoms with E-state index in [-0.39, 0.29) is 0 Å². The molecule has 0 aliphatic carbocycles. The maximum atomic E-state index is 5.67. The van der Waals surface area contributed by atoms with Crippen LogP contribution < -0.4 is 4.74 Å². The summed E-state index contributed by atoms with van der Waals surface area (Å²) in [6, 6.07) is 15.7. The lowest BCUT2D eigenvalue weighted by atomic mass is 10.1. The lowest BCUT2D eigenvalue weighted by molar-refractivity contribution is 0.288. The van der Waals surface area contributed by atoms with Crippen molar-refractivity contribution >= 4 is 11.6 Å². The second kappa shape index (κ2) is 4.53. The molecule has 3 rings (SSSR count). The molecule has 1 aliphatic heterocycles. The van der Waals surface area contributed by atoms with E-state index in [9.17, 15) is 0 Å². The minimum Gasteiger partial charge on any atom is -0.497 e. The molecule has 18 heavy (non-hydrogen) atoms. The molecule has 3 nitrogen and oxygen atoms in total. The van der Waals surface area contributed by atoms with Gasteiger partial charge in [0.1, 0.15) is 12.4 Å². The molecule has 1 heterocycles. The molecule has 2 aromatic rings. The van der Waals surface area contributed by atoms with Crippen molar-refractivity contribution in [2.75, 3.05) is 7.11 Å². The van der Waals surface area contributed by atoms with E-state index in [0.29, 0.717) is 12.5 Å². The second-order valence-electron chi connectivity index (χ2n) is 4.06. The van der Waals surface area contributed by atoms with Crippen LogP contribution >= 0.6 is 0 Å². The highest BCUT2D eigenvalue weighted by molar-refractivity contribution is 5.96. The van der Waals surface area contributed by atoms with E-state index in [0.717, 1.165) is 22.6 Å². The Morgan fingerprint density at radius 1 is 1.06 bits per heavy atom. The van der Waals surface area contributed by atoms with E-state index in [2.05, 4.69) is 4.99 Å². The Morgan fingerprint density at radius 2 is 1.83 bits per heavy atom. The Balaban J connectivity index is 1.96. The number of para-hydroxylation sites is 1. The molecule has 0 spiro atoms. The number of rotatable bonds is 2. The number of nitrogens with zero attached hydrogens (tertiary/aromatic N) is 1. The summed E-state index contributed by atoms with van der Waals surface area (Å²) in [5.74, 6) is 1.49. The highest BCUT2D eigenvalue weighted by atomic mass is 16.5. The molecule has 1 aliphatic rings. The fraction of sp³-hybridized carbons (Fsp3) is 0.133. The average molecular weight is 239 g/mol. The summed E-state index contributed by atoms with van der Waals surface area (Å²) < 4.78 is 10.8. The largest absolute Gasteiger partial charge is 0.497 e. The highest BCUT2D eigenvalue weighted by Gasteiger charge is 2.13. The number of fused-ring (bicyclic) bond motifs is 1. The normalized spacial score (nSPS) is 13.3. The molecular weight excluding hydrogens is 226 g/mol. The number of hydrogen-bond donors (Lipinski definition) is 0. The highest BCUT2D eigenvalue weighted by Crippen LogP contribution is 2.26. The van der Waals surface area contributed by atoms with Crippen LogP contribution in [0.2, 0.25) is 0 Å². The molecule has 0 saturated heterocycles. The zero-order valence-electron chi connectivity index (χ0n) is 10.1. The third kappa shape index (κ3) is 1.95. The maximum absolute atomic E-state index is 5.67. The molecule has 0 radical (unpaired) electrons. The Hall–Kier alpha value is -2.29. The third-order valence-corrected chi connectivity index (χ3v) is 2.91. The Labute approximate surface area is 106 Å². The molecule has 90 valence electrons. The van der Waals surface area contributed by atoms with Crippen molar-refractivity contribution in [1.29, 1.82) is 0 Å². The van der Waals surface area contributed by atoms with Crippen LogP contribution in [-0.4, -0.2) is 13.0 Å². The molecular formula is C15H13NO2. The predicted octanol–water partition coefficient (Wildman–Crippen LogP) is 3.30. The Morgan fingerprint density at radius 3 is 2.61 bits per heavy atom. The zero-order valence-corrected chi connectivity index (χ0v) is 10.1. The minimum absolute atomic E-state index is 0.570. The van der Waals surface area contributed by atoms with Gasteiger partial charge in [0.25, 0.3) is 0 Å². The Kier molecular flexibility index (Phi) is 2.73. The smallest absolute Gasteiger partial charge is 0.221 e. The molecule has 0 saturated carbocycles. The SMILES string of the molecule is COc1ccc(C2=Nc3ccccc3CO2)cc1. The van der Waals surface area contributed by atoms with E-state index >= 15 is 0 Å². The van der Waals surface area contributed by atoms with Crippen LogP contribution in [0.4, 0.5) is 5.69 Å². The Bertz CT molecular complexity index is 588. The summed E-state index contributed by atoms with van der Waals surface area (Å²) in [5.41, 5.74) is 3.06. The van der Waals surface area contributed by atoms with Gasteiger partial charge < -0.3 is 9.47 Å². The third-order valence-electron chi connectivity index (χ3n) is 2.91. The monoisotopic (exact) mass is 239 g/mol. The topological polar surface area (TPSA) is 30.8 Å². The van der Waals surface area contributed by atoms with Crippen LogP contribution in [0.1, 0.15) is 11.1 Å². The quantitative estimate of drug-likeness (QED) is 0.805. The summed E-state index contributed by atoms with van der Waals surface area (Å²) in [7, 11) is 1.65. The van der Waals surface area contributed by atoms with Crippen LogP contribution in [-0.2, 0) is 11.3 Å². The summed E-state index contributed by atoms with van der Waals surface area (Å²) in [5, 5.41) is 0. The molecule has 0 N–H and O–H groups in total. The number of aliphatic imine (C=N–C) groups is 1. The van der Waals surface area contributed by atoms with Gasteiger partial charge in [-0.2, -0.15) is 0 Å². The van der Waals surface area contributed by atoms with Gasteiger partial charge in [0.2, 0.25) is 5.90 Å². The minimum atomic E-state index is 0.570. The molecule has 2 aromatic carbocycles.